The van der Waals surface area contributed by atoms with Crippen molar-refractivity contribution in [2.24, 2.45) is 10.9 Å². The van der Waals surface area contributed by atoms with Crippen LogP contribution < -0.4 is 16.0 Å². The molecular formula is C18H31N5O. The first-order chi connectivity index (χ1) is 11.5. The van der Waals surface area contributed by atoms with Crippen LogP contribution in [0.1, 0.15) is 45.7 Å². The molecular weight excluding hydrogens is 302 g/mol. The number of nitrogens with zero attached hydrogens (tertiary/aromatic N) is 2. The van der Waals surface area contributed by atoms with Crippen molar-refractivity contribution in [3.05, 3.63) is 23.9 Å². The predicted octanol–water partition coefficient (Wildman–Crippen LogP) is 2.71. The van der Waals surface area contributed by atoms with Crippen LogP contribution in [-0.2, 0) is 4.79 Å². The highest BCUT2D eigenvalue weighted by Gasteiger charge is 2.04. The molecule has 6 heteroatoms. The zero-order chi connectivity index (χ0) is 17.8. The summed E-state index contributed by atoms with van der Waals surface area (Å²) in [6.07, 6.45) is 2.62. The largest absolute Gasteiger partial charge is 0.357 e. The molecule has 6 nitrogen and oxygen atoms in total. The lowest BCUT2D eigenvalue weighted by atomic mass is 10.1. The van der Waals surface area contributed by atoms with Crippen molar-refractivity contribution < 1.29 is 4.79 Å². The number of anilines is 1. The maximum Gasteiger partial charge on any atom is 0.227 e. The van der Waals surface area contributed by atoms with Crippen molar-refractivity contribution in [2.45, 2.75) is 47.0 Å². The topological polar surface area (TPSA) is 78.4 Å². The van der Waals surface area contributed by atoms with Gasteiger partial charge in [-0.3, -0.25) is 9.79 Å². The first kappa shape index (κ1) is 19.9. The van der Waals surface area contributed by atoms with E-state index in [1.54, 1.807) is 6.07 Å². The van der Waals surface area contributed by atoms with Crippen LogP contribution in [0.2, 0.25) is 0 Å². The molecule has 0 aliphatic heterocycles. The van der Waals surface area contributed by atoms with Crippen LogP contribution in [0.3, 0.4) is 0 Å². The number of rotatable bonds is 9. The summed E-state index contributed by atoms with van der Waals surface area (Å²) in [6, 6.07) is 5.57. The highest BCUT2D eigenvalue weighted by molar-refractivity contribution is 5.90. The lowest BCUT2D eigenvalue weighted by Gasteiger charge is -2.11. The van der Waals surface area contributed by atoms with Gasteiger partial charge in [-0.1, -0.05) is 19.9 Å². The number of carbonyl (C=O) groups excluding carboxylic acids is 1. The Hall–Kier alpha value is -2.11. The fourth-order valence-corrected chi connectivity index (χ4v) is 2.14. The van der Waals surface area contributed by atoms with E-state index in [1.807, 2.05) is 26.0 Å². The van der Waals surface area contributed by atoms with Crippen LogP contribution in [0.15, 0.2) is 23.2 Å². The standard InChI is InChI=1S/C18H31N5O/c1-5-19-18(20-12-7-8-14(2)3)21-13-11-17(24)23-16-10-6-9-15(4)22-16/h6,9-10,14H,5,7-8,11-13H2,1-4H3,(H2,19,20,21)(H,22,23,24). The van der Waals surface area contributed by atoms with Gasteiger partial charge in [0.15, 0.2) is 5.96 Å². The number of guanidine groups is 1. The molecule has 0 saturated carbocycles. The number of aryl methyl sites for hydroxylation is 1. The first-order valence-electron chi connectivity index (χ1n) is 8.77. The molecule has 0 aliphatic carbocycles. The number of aromatic nitrogens is 1. The number of hydrogen-bond acceptors (Lipinski definition) is 3. The number of pyridine rings is 1. The van der Waals surface area contributed by atoms with E-state index in [-0.39, 0.29) is 5.91 Å². The van der Waals surface area contributed by atoms with Gasteiger partial charge in [0, 0.05) is 31.7 Å². The van der Waals surface area contributed by atoms with Crippen molar-refractivity contribution in [3.63, 3.8) is 0 Å². The number of amides is 1. The lowest BCUT2D eigenvalue weighted by Crippen LogP contribution is -2.38. The Balaban J connectivity index is 2.33. The molecule has 0 bridgehead atoms. The Kier molecular flexibility index (Phi) is 9.49. The van der Waals surface area contributed by atoms with Crippen LogP contribution in [0.5, 0.6) is 0 Å². The average molecular weight is 333 g/mol. The molecule has 0 spiro atoms. The summed E-state index contributed by atoms with van der Waals surface area (Å²) in [7, 11) is 0. The number of carbonyl (C=O) groups is 1. The summed E-state index contributed by atoms with van der Waals surface area (Å²) in [5.74, 6) is 2.00. The van der Waals surface area contributed by atoms with Crippen molar-refractivity contribution in [1.29, 1.82) is 0 Å². The molecule has 0 atom stereocenters. The first-order valence-corrected chi connectivity index (χ1v) is 8.77. The van der Waals surface area contributed by atoms with Crippen molar-refractivity contribution >= 4 is 17.7 Å². The molecule has 3 N–H and O–H groups in total. The summed E-state index contributed by atoms with van der Waals surface area (Å²) >= 11 is 0. The maximum atomic E-state index is 11.9. The lowest BCUT2D eigenvalue weighted by molar-refractivity contribution is -0.116. The van der Waals surface area contributed by atoms with E-state index in [4.69, 9.17) is 0 Å². The minimum atomic E-state index is -0.0590. The second kappa shape index (κ2) is 11.4. The van der Waals surface area contributed by atoms with E-state index in [1.165, 1.54) is 6.42 Å². The Labute approximate surface area is 145 Å². The van der Waals surface area contributed by atoms with Gasteiger partial charge in [-0.2, -0.15) is 0 Å². The van der Waals surface area contributed by atoms with Gasteiger partial charge in [0.1, 0.15) is 5.82 Å². The Bertz CT molecular complexity index is 528. The van der Waals surface area contributed by atoms with Crippen LogP contribution in [0.25, 0.3) is 0 Å². The molecule has 0 radical (unpaired) electrons. The second-order valence-electron chi connectivity index (χ2n) is 6.19. The molecule has 1 amide bonds. The van der Waals surface area contributed by atoms with Gasteiger partial charge < -0.3 is 16.0 Å². The van der Waals surface area contributed by atoms with Crippen molar-refractivity contribution in [1.82, 2.24) is 15.6 Å². The Morgan fingerprint density at radius 2 is 2.08 bits per heavy atom. The molecule has 1 aromatic heterocycles. The van der Waals surface area contributed by atoms with Gasteiger partial charge >= 0.3 is 0 Å². The van der Waals surface area contributed by atoms with Gasteiger partial charge in [-0.05, 0) is 44.7 Å². The van der Waals surface area contributed by atoms with Gasteiger partial charge in [-0.25, -0.2) is 4.98 Å². The number of aliphatic imine (C=N–C) groups is 1. The summed E-state index contributed by atoms with van der Waals surface area (Å²) in [6.45, 7) is 10.5. The Morgan fingerprint density at radius 3 is 2.75 bits per heavy atom. The smallest absolute Gasteiger partial charge is 0.227 e. The third kappa shape index (κ3) is 9.12. The molecule has 0 aliphatic rings. The van der Waals surface area contributed by atoms with Gasteiger partial charge in [0.05, 0.1) is 0 Å². The van der Waals surface area contributed by atoms with E-state index in [0.717, 1.165) is 31.2 Å². The van der Waals surface area contributed by atoms with Crippen molar-refractivity contribution in [2.75, 3.05) is 25.0 Å². The molecule has 1 rings (SSSR count). The normalized spacial score (nSPS) is 11.5. The third-order valence-corrected chi connectivity index (χ3v) is 3.35. The predicted molar refractivity (Wildman–Crippen MR) is 100 cm³/mol. The molecule has 1 heterocycles. The zero-order valence-corrected chi connectivity index (χ0v) is 15.4. The van der Waals surface area contributed by atoms with Crippen LogP contribution in [0.4, 0.5) is 5.82 Å². The van der Waals surface area contributed by atoms with Crippen molar-refractivity contribution in [3.8, 4) is 0 Å². The van der Waals surface area contributed by atoms with E-state index in [9.17, 15) is 4.79 Å². The highest BCUT2D eigenvalue weighted by atomic mass is 16.1. The maximum absolute atomic E-state index is 11.9. The van der Waals surface area contributed by atoms with Crippen LogP contribution >= 0.6 is 0 Å². The summed E-state index contributed by atoms with van der Waals surface area (Å²) in [5.41, 5.74) is 0.883. The quantitative estimate of drug-likeness (QED) is 0.369. The number of hydrogen-bond donors (Lipinski definition) is 3. The zero-order valence-electron chi connectivity index (χ0n) is 15.4. The molecule has 24 heavy (non-hydrogen) atoms. The fourth-order valence-electron chi connectivity index (χ4n) is 2.14. The molecule has 0 fully saturated rings. The fraction of sp³-hybridized carbons (Fsp3) is 0.611. The second-order valence-corrected chi connectivity index (χ2v) is 6.19. The minimum absolute atomic E-state index is 0.0590. The van der Waals surface area contributed by atoms with E-state index in [0.29, 0.717) is 24.7 Å². The SMILES string of the molecule is CCNC(=NCCCC(C)C)NCCC(=O)Nc1cccc(C)n1. The molecule has 0 unspecified atom stereocenters. The number of nitrogens with one attached hydrogen (secondary N) is 3. The third-order valence-electron chi connectivity index (χ3n) is 3.35. The highest BCUT2D eigenvalue weighted by Crippen LogP contribution is 2.04. The van der Waals surface area contributed by atoms with Crippen LogP contribution in [0, 0.1) is 12.8 Å². The molecule has 0 aromatic carbocycles. The van der Waals surface area contributed by atoms with Crippen LogP contribution in [-0.4, -0.2) is 36.5 Å². The van der Waals surface area contributed by atoms with Gasteiger partial charge in [-0.15, -0.1) is 0 Å². The monoisotopic (exact) mass is 333 g/mol. The van der Waals surface area contributed by atoms with E-state index >= 15 is 0 Å². The minimum Gasteiger partial charge on any atom is -0.357 e. The summed E-state index contributed by atoms with van der Waals surface area (Å²) < 4.78 is 0. The summed E-state index contributed by atoms with van der Waals surface area (Å²) in [5, 5.41) is 9.19. The summed E-state index contributed by atoms with van der Waals surface area (Å²) in [4.78, 5) is 20.7. The Morgan fingerprint density at radius 1 is 1.29 bits per heavy atom. The van der Waals surface area contributed by atoms with E-state index in [2.05, 4.69) is 39.8 Å². The average Bonchev–Trinajstić information content (AvgIpc) is 2.51. The molecule has 0 saturated heterocycles. The van der Waals surface area contributed by atoms with Gasteiger partial charge in [0.2, 0.25) is 5.91 Å². The molecule has 134 valence electrons. The van der Waals surface area contributed by atoms with Gasteiger partial charge in [0.25, 0.3) is 0 Å². The molecule has 1 aromatic rings. The van der Waals surface area contributed by atoms with E-state index < -0.39 is 0 Å².